The van der Waals surface area contributed by atoms with E-state index in [1.54, 1.807) is 0 Å². The Bertz CT molecular complexity index is 981. The number of esters is 1. The minimum Gasteiger partial charge on any atom is -0.508 e. The van der Waals surface area contributed by atoms with Crippen LogP contribution in [0.2, 0.25) is 0 Å². The molecule has 2 N–H and O–H groups in total. The van der Waals surface area contributed by atoms with E-state index >= 15 is 0 Å². The van der Waals surface area contributed by atoms with E-state index in [9.17, 15) is 23.1 Å². The van der Waals surface area contributed by atoms with Crippen molar-refractivity contribution in [3.8, 4) is 5.75 Å². The van der Waals surface area contributed by atoms with Gasteiger partial charge in [0.2, 0.25) is 10.0 Å². The van der Waals surface area contributed by atoms with Crippen LogP contribution in [0.4, 0.5) is 5.69 Å². The molecule has 1 saturated heterocycles. The summed E-state index contributed by atoms with van der Waals surface area (Å²) in [5.74, 6) is -1.23. The minimum absolute atomic E-state index is 0.0162. The highest BCUT2D eigenvalue weighted by molar-refractivity contribution is 7.89. The number of phenols is 1. The van der Waals surface area contributed by atoms with Gasteiger partial charge in [-0.15, -0.1) is 0 Å². The van der Waals surface area contributed by atoms with Crippen LogP contribution in [0.15, 0.2) is 53.4 Å². The Morgan fingerprint density at radius 2 is 1.62 bits per heavy atom. The van der Waals surface area contributed by atoms with E-state index in [0.717, 1.165) is 12.8 Å². The van der Waals surface area contributed by atoms with Crippen molar-refractivity contribution in [3.63, 3.8) is 0 Å². The molecule has 8 nitrogen and oxygen atoms in total. The van der Waals surface area contributed by atoms with Crippen LogP contribution in [0.25, 0.3) is 0 Å². The van der Waals surface area contributed by atoms with E-state index in [2.05, 4.69) is 5.32 Å². The average Bonchev–Trinajstić information content (AvgIpc) is 3.24. The van der Waals surface area contributed by atoms with Gasteiger partial charge in [0, 0.05) is 18.8 Å². The molecule has 0 radical (unpaired) electrons. The molecular formula is C20H22N2O6S. The number of rotatable bonds is 6. The zero-order valence-corrected chi connectivity index (χ0v) is 16.7. The monoisotopic (exact) mass is 418 g/mol. The summed E-state index contributed by atoms with van der Waals surface area (Å²) in [6.07, 6.45) is 0.645. The first kappa shape index (κ1) is 20.8. The lowest BCUT2D eigenvalue weighted by molar-refractivity contribution is -0.123. The van der Waals surface area contributed by atoms with Gasteiger partial charge in [-0.1, -0.05) is 0 Å². The summed E-state index contributed by atoms with van der Waals surface area (Å²) in [4.78, 5) is 24.5. The summed E-state index contributed by atoms with van der Waals surface area (Å²) in [6.45, 7) is 2.47. The van der Waals surface area contributed by atoms with E-state index in [-0.39, 0.29) is 16.2 Å². The van der Waals surface area contributed by atoms with Gasteiger partial charge in [-0.3, -0.25) is 4.79 Å². The van der Waals surface area contributed by atoms with Crippen molar-refractivity contribution in [1.82, 2.24) is 4.31 Å². The van der Waals surface area contributed by atoms with E-state index < -0.39 is 28.0 Å². The Morgan fingerprint density at radius 3 is 2.21 bits per heavy atom. The predicted octanol–water partition coefficient (Wildman–Crippen LogP) is 2.36. The van der Waals surface area contributed by atoms with Gasteiger partial charge in [0.25, 0.3) is 5.91 Å². The van der Waals surface area contributed by atoms with Crippen LogP contribution in [0.5, 0.6) is 5.75 Å². The van der Waals surface area contributed by atoms with E-state index in [0.29, 0.717) is 18.8 Å². The molecule has 1 atom stereocenters. The lowest BCUT2D eigenvalue weighted by atomic mass is 10.2. The minimum atomic E-state index is -3.52. The van der Waals surface area contributed by atoms with Crippen LogP contribution in [0.1, 0.15) is 30.1 Å². The molecule has 0 unspecified atom stereocenters. The van der Waals surface area contributed by atoms with Gasteiger partial charge < -0.3 is 15.2 Å². The molecule has 1 heterocycles. The fourth-order valence-corrected chi connectivity index (χ4v) is 4.43. The summed E-state index contributed by atoms with van der Waals surface area (Å²) in [6, 6.07) is 11.3. The number of ether oxygens (including phenoxy) is 1. The van der Waals surface area contributed by atoms with Gasteiger partial charge in [0.1, 0.15) is 5.75 Å². The zero-order valence-electron chi connectivity index (χ0n) is 15.9. The molecule has 3 rings (SSSR count). The van der Waals surface area contributed by atoms with E-state index in [1.165, 1.54) is 59.8 Å². The fraction of sp³-hybridized carbons (Fsp3) is 0.300. The number of nitrogens with zero attached hydrogens (tertiary/aromatic N) is 1. The Kier molecular flexibility index (Phi) is 6.19. The van der Waals surface area contributed by atoms with Crippen LogP contribution in [-0.2, 0) is 19.6 Å². The molecule has 0 aliphatic carbocycles. The number of hydrogen-bond donors (Lipinski definition) is 2. The second-order valence-electron chi connectivity index (χ2n) is 6.72. The molecule has 154 valence electrons. The highest BCUT2D eigenvalue weighted by atomic mass is 32.2. The fourth-order valence-electron chi connectivity index (χ4n) is 2.91. The van der Waals surface area contributed by atoms with Crippen LogP contribution in [-0.4, -0.2) is 48.9 Å². The summed E-state index contributed by atoms with van der Waals surface area (Å²) in [7, 11) is -3.52. The number of hydrogen-bond acceptors (Lipinski definition) is 6. The topological polar surface area (TPSA) is 113 Å². The van der Waals surface area contributed by atoms with Gasteiger partial charge in [-0.25, -0.2) is 13.2 Å². The lowest BCUT2D eigenvalue weighted by Gasteiger charge is -2.16. The van der Waals surface area contributed by atoms with Crippen molar-refractivity contribution in [2.45, 2.75) is 30.8 Å². The molecule has 29 heavy (non-hydrogen) atoms. The Balaban J connectivity index is 1.59. The lowest BCUT2D eigenvalue weighted by Crippen LogP contribution is -2.30. The maximum absolute atomic E-state index is 12.5. The number of phenolic OH excluding ortho intramolecular Hbond substituents is 1. The molecule has 1 aliphatic heterocycles. The molecular weight excluding hydrogens is 396 g/mol. The van der Waals surface area contributed by atoms with Crippen molar-refractivity contribution in [2.75, 3.05) is 18.4 Å². The Hall–Kier alpha value is -2.91. The summed E-state index contributed by atoms with van der Waals surface area (Å²) in [5, 5.41) is 11.8. The number of nitrogens with one attached hydrogen (secondary N) is 1. The smallest absolute Gasteiger partial charge is 0.338 e. The van der Waals surface area contributed by atoms with Gasteiger partial charge in [-0.05, 0) is 68.3 Å². The molecule has 0 spiro atoms. The highest BCUT2D eigenvalue weighted by Crippen LogP contribution is 2.22. The molecule has 9 heteroatoms. The number of aromatic hydroxyl groups is 1. The first-order valence-electron chi connectivity index (χ1n) is 9.18. The maximum Gasteiger partial charge on any atom is 0.338 e. The Labute approximate surface area is 169 Å². The molecule has 0 aromatic heterocycles. The summed E-state index contributed by atoms with van der Waals surface area (Å²) < 4.78 is 31.6. The van der Waals surface area contributed by atoms with Gasteiger partial charge in [0.15, 0.2) is 6.10 Å². The van der Waals surface area contributed by atoms with Gasteiger partial charge in [-0.2, -0.15) is 4.31 Å². The quantitative estimate of drug-likeness (QED) is 0.697. The van der Waals surface area contributed by atoms with Gasteiger partial charge >= 0.3 is 5.97 Å². The molecule has 1 fully saturated rings. The molecule has 2 aromatic carbocycles. The zero-order chi connectivity index (χ0) is 21.0. The third kappa shape index (κ3) is 4.93. The number of carbonyl (C=O) groups excluding carboxylic acids is 2. The van der Waals surface area contributed by atoms with Crippen molar-refractivity contribution in [1.29, 1.82) is 0 Å². The maximum atomic E-state index is 12.5. The van der Waals surface area contributed by atoms with Crippen molar-refractivity contribution >= 4 is 27.6 Å². The summed E-state index contributed by atoms with van der Waals surface area (Å²) >= 11 is 0. The molecule has 0 saturated carbocycles. The highest BCUT2D eigenvalue weighted by Gasteiger charge is 2.27. The second-order valence-corrected chi connectivity index (χ2v) is 8.66. The van der Waals surface area contributed by atoms with Crippen molar-refractivity contribution in [3.05, 3.63) is 54.1 Å². The molecule has 0 bridgehead atoms. The molecule has 2 aromatic rings. The van der Waals surface area contributed by atoms with E-state index in [4.69, 9.17) is 4.74 Å². The first-order chi connectivity index (χ1) is 13.8. The first-order valence-corrected chi connectivity index (χ1v) is 10.6. The second kappa shape index (κ2) is 8.62. The average molecular weight is 418 g/mol. The van der Waals surface area contributed by atoms with Crippen LogP contribution in [0.3, 0.4) is 0 Å². The largest absolute Gasteiger partial charge is 0.508 e. The number of amides is 1. The Morgan fingerprint density at radius 1 is 1.03 bits per heavy atom. The number of anilines is 1. The van der Waals surface area contributed by atoms with Crippen molar-refractivity contribution in [2.24, 2.45) is 0 Å². The van der Waals surface area contributed by atoms with Crippen molar-refractivity contribution < 1.29 is 27.9 Å². The normalized spacial score (nSPS) is 15.6. The third-order valence-electron chi connectivity index (χ3n) is 4.58. The standard InChI is InChI=1S/C20H22N2O6S/c1-14(28-20(25)15-4-8-17(23)9-5-15)19(24)21-16-6-10-18(11-7-16)29(26,27)22-12-2-3-13-22/h4-11,14,23H,2-3,12-13H2,1H3,(H,21,24)/t14-/m1/s1. The van der Waals surface area contributed by atoms with Crippen LogP contribution in [0, 0.1) is 0 Å². The molecule has 1 amide bonds. The number of benzene rings is 2. The van der Waals surface area contributed by atoms with E-state index in [1.807, 2.05) is 0 Å². The van der Waals surface area contributed by atoms with Crippen LogP contribution < -0.4 is 5.32 Å². The van der Waals surface area contributed by atoms with Crippen LogP contribution >= 0.6 is 0 Å². The summed E-state index contributed by atoms with van der Waals surface area (Å²) in [5.41, 5.74) is 0.599. The number of carbonyl (C=O) groups is 2. The molecule has 1 aliphatic rings. The number of sulfonamides is 1. The van der Waals surface area contributed by atoms with Gasteiger partial charge in [0.05, 0.1) is 10.5 Å². The third-order valence-corrected chi connectivity index (χ3v) is 6.49. The SMILES string of the molecule is C[C@@H](OC(=O)c1ccc(O)cc1)C(=O)Nc1ccc(S(=O)(=O)N2CCCC2)cc1. The predicted molar refractivity (Wildman–Crippen MR) is 106 cm³/mol.